The SMILES string of the molecule is CCC(C#N)CN(C)CCc1ccc2ncoc2c1. The maximum absolute atomic E-state index is 8.96. The van der Waals surface area contributed by atoms with Crippen LogP contribution < -0.4 is 0 Å². The Morgan fingerprint density at radius 3 is 3.05 bits per heavy atom. The topological polar surface area (TPSA) is 53.1 Å². The first-order valence-electron chi connectivity index (χ1n) is 6.63. The molecule has 1 heterocycles. The van der Waals surface area contributed by atoms with Crippen molar-refractivity contribution >= 4 is 11.1 Å². The second kappa shape index (κ2) is 6.35. The van der Waals surface area contributed by atoms with E-state index >= 15 is 0 Å². The van der Waals surface area contributed by atoms with Gasteiger partial charge in [0.2, 0.25) is 0 Å². The van der Waals surface area contributed by atoms with E-state index in [0.717, 1.165) is 37.0 Å². The van der Waals surface area contributed by atoms with Crippen LogP contribution in [-0.4, -0.2) is 30.0 Å². The van der Waals surface area contributed by atoms with Crippen molar-refractivity contribution in [2.75, 3.05) is 20.1 Å². The number of fused-ring (bicyclic) bond motifs is 1. The summed E-state index contributed by atoms with van der Waals surface area (Å²) in [5.41, 5.74) is 2.97. The summed E-state index contributed by atoms with van der Waals surface area (Å²) in [7, 11) is 2.06. The molecule has 4 nitrogen and oxygen atoms in total. The Morgan fingerprint density at radius 2 is 2.32 bits per heavy atom. The maximum atomic E-state index is 8.96. The Bertz CT molecular complexity index is 570. The van der Waals surface area contributed by atoms with E-state index in [9.17, 15) is 0 Å². The highest BCUT2D eigenvalue weighted by Gasteiger charge is 2.08. The number of rotatable bonds is 6. The van der Waals surface area contributed by atoms with Crippen molar-refractivity contribution in [2.45, 2.75) is 19.8 Å². The van der Waals surface area contributed by atoms with Gasteiger partial charge in [0, 0.05) is 13.1 Å². The molecule has 0 N–H and O–H groups in total. The summed E-state index contributed by atoms with van der Waals surface area (Å²) >= 11 is 0. The van der Waals surface area contributed by atoms with E-state index in [1.54, 1.807) is 0 Å². The van der Waals surface area contributed by atoms with E-state index in [1.807, 2.05) is 12.1 Å². The van der Waals surface area contributed by atoms with Crippen molar-refractivity contribution < 1.29 is 4.42 Å². The molecule has 19 heavy (non-hydrogen) atoms. The first-order chi connectivity index (χ1) is 9.22. The summed E-state index contributed by atoms with van der Waals surface area (Å²) in [6, 6.07) is 8.44. The molecule has 0 saturated heterocycles. The summed E-state index contributed by atoms with van der Waals surface area (Å²) in [5, 5.41) is 8.96. The molecule has 1 atom stereocenters. The van der Waals surface area contributed by atoms with Crippen molar-refractivity contribution in [1.82, 2.24) is 9.88 Å². The van der Waals surface area contributed by atoms with E-state index in [4.69, 9.17) is 9.68 Å². The van der Waals surface area contributed by atoms with Crippen molar-refractivity contribution in [3.8, 4) is 6.07 Å². The summed E-state index contributed by atoms with van der Waals surface area (Å²) in [4.78, 5) is 6.31. The fourth-order valence-electron chi connectivity index (χ4n) is 2.10. The zero-order chi connectivity index (χ0) is 13.7. The number of aromatic nitrogens is 1. The third-order valence-electron chi connectivity index (χ3n) is 3.39. The second-order valence-corrected chi connectivity index (χ2v) is 4.90. The largest absolute Gasteiger partial charge is 0.443 e. The van der Waals surface area contributed by atoms with Crippen LogP contribution >= 0.6 is 0 Å². The molecule has 1 aromatic heterocycles. The smallest absolute Gasteiger partial charge is 0.181 e. The molecule has 0 aliphatic carbocycles. The van der Waals surface area contributed by atoms with Gasteiger partial charge < -0.3 is 9.32 Å². The number of nitriles is 1. The van der Waals surface area contributed by atoms with Crippen molar-refractivity contribution in [3.63, 3.8) is 0 Å². The quantitative estimate of drug-likeness (QED) is 0.798. The molecule has 1 aromatic carbocycles. The molecule has 1 unspecified atom stereocenters. The zero-order valence-electron chi connectivity index (χ0n) is 11.5. The number of hydrogen-bond acceptors (Lipinski definition) is 4. The Kier molecular flexibility index (Phi) is 4.53. The Balaban J connectivity index is 1.89. The van der Waals surface area contributed by atoms with Crippen LogP contribution in [0.3, 0.4) is 0 Å². The fourth-order valence-corrected chi connectivity index (χ4v) is 2.10. The molecule has 0 radical (unpaired) electrons. The lowest BCUT2D eigenvalue weighted by molar-refractivity contribution is 0.303. The van der Waals surface area contributed by atoms with Crippen LogP contribution in [0, 0.1) is 17.2 Å². The van der Waals surface area contributed by atoms with Gasteiger partial charge in [-0.15, -0.1) is 0 Å². The average Bonchev–Trinajstić information content (AvgIpc) is 2.89. The van der Waals surface area contributed by atoms with Crippen LogP contribution in [0.4, 0.5) is 0 Å². The highest BCUT2D eigenvalue weighted by atomic mass is 16.3. The monoisotopic (exact) mass is 257 g/mol. The zero-order valence-corrected chi connectivity index (χ0v) is 11.5. The molecule has 100 valence electrons. The van der Waals surface area contributed by atoms with Crippen LogP contribution in [0.2, 0.25) is 0 Å². The van der Waals surface area contributed by atoms with Gasteiger partial charge in [0.05, 0.1) is 12.0 Å². The van der Waals surface area contributed by atoms with Gasteiger partial charge in [-0.1, -0.05) is 13.0 Å². The lowest BCUT2D eigenvalue weighted by atomic mass is 10.1. The lowest BCUT2D eigenvalue weighted by Gasteiger charge is -2.18. The molecular weight excluding hydrogens is 238 g/mol. The molecule has 2 aromatic rings. The summed E-state index contributed by atoms with van der Waals surface area (Å²) in [5.74, 6) is 0.127. The van der Waals surface area contributed by atoms with Gasteiger partial charge in [0.1, 0.15) is 5.52 Å². The number of likely N-dealkylation sites (N-methyl/N-ethyl adjacent to an activating group) is 1. The molecule has 0 aliphatic rings. The number of benzene rings is 1. The summed E-state index contributed by atoms with van der Waals surface area (Å²) in [6.45, 7) is 3.83. The van der Waals surface area contributed by atoms with Crippen LogP contribution in [0.25, 0.3) is 11.1 Å². The van der Waals surface area contributed by atoms with Crippen molar-refractivity contribution in [3.05, 3.63) is 30.2 Å². The highest BCUT2D eigenvalue weighted by Crippen LogP contribution is 2.15. The minimum Gasteiger partial charge on any atom is -0.443 e. The summed E-state index contributed by atoms with van der Waals surface area (Å²) in [6.07, 6.45) is 3.33. The van der Waals surface area contributed by atoms with Gasteiger partial charge in [-0.3, -0.25) is 0 Å². The summed E-state index contributed by atoms with van der Waals surface area (Å²) < 4.78 is 5.30. The molecular formula is C15H19N3O. The number of hydrogen-bond donors (Lipinski definition) is 0. The van der Waals surface area contributed by atoms with Gasteiger partial charge in [-0.25, -0.2) is 4.98 Å². The molecule has 0 amide bonds. The van der Waals surface area contributed by atoms with Crippen LogP contribution in [0.15, 0.2) is 29.0 Å². The number of nitrogens with zero attached hydrogens (tertiary/aromatic N) is 3. The third kappa shape index (κ3) is 3.55. The highest BCUT2D eigenvalue weighted by molar-refractivity contribution is 5.72. The first-order valence-corrected chi connectivity index (χ1v) is 6.63. The van der Waals surface area contributed by atoms with Gasteiger partial charge >= 0.3 is 0 Å². The fraction of sp³-hybridized carbons (Fsp3) is 0.467. The predicted molar refractivity (Wildman–Crippen MR) is 74.6 cm³/mol. The average molecular weight is 257 g/mol. The van der Waals surface area contributed by atoms with E-state index in [-0.39, 0.29) is 5.92 Å². The van der Waals surface area contributed by atoms with E-state index in [0.29, 0.717) is 0 Å². The maximum Gasteiger partial charge on any atom is 0.181 e. The van der Waals surface area contributed by atoms with Gasteiger partial charge in [0.15, 0.2) is 12.0 Å². The predicted octanol–water partition coefficient (Wildman–Crippen LogP) is 2.85. The minimum absolute atomic E-state index is 0.127. The van der Waals surface area contributed by atoms with E-state index in [1.165, 1.54) is 12.0 Å². The Morgan fingerprint density at radius 1 is 1.47 bits per heavy atom. The van der Waals surface area contributed by atoms with Crippen LogP contribution in [0.5, 0.6) is 0 Å². The minimum atomic E-state index is 0.127. The van der Waals surface area contributed by atoms with Crippen molar-refractivity contribution in [2.24, 2.45) is 5.92 Å². The van der Waals surface area contributed by atoms with Crippen LogP contribution in [0.1, 0.15) is 18.9 Å². The molecule has 0 aliphatic heterocycles. The van der Waals surface area contributed by atoms with Crippen LogP contribution in [-0.2, 0) is 6.42 Å². The third-order valence-corrected chi connectivity index (χ3v) is 3.39. The first kappa shape index (κ1) is 13.6. The Labute approximate surface area is 113 Å². The molecule has 0 fully saturated rings. The van der Waals surface area contributed by atoms with Gasteiger partial charge in [-0.2, -0.15) is 5.26 Å². The molecule has 4 heteroatoms. The van der Waals surface area contributed by atoms with Crippen molar-refractivity contribution in [1.29, 1.82) is 5.26 Å². The standard InChI is InChI=1S/C15H19N3O/c1-3-12(9-16)10-18(2)7-6-13-4-5-14-15(8-13)19-11-17-14/h4-5,8,11-12H,3,6-7,10H2,1-2H3. The molecule has 2 rings (SSSR count). The molecule has 0 spiro atoms. The number of oxazole rings is 1. The molecule has 0 bridgehead atoms. The van der Waals surface area contributed by atoms with Gasteiger partial charge in [0.25, 0.3) is 0 Å². The lowest BCUT2D eigenvalue weighted by Crippen LogP contribution is -2.27. The Hall–Kier alpha value is -1.86. The second-order valence-electron chi connectivity index (χ2n) is 4.90. The van der Waals surface area contributed by atoms with E-state index < -0.39 is 0 Å². The normalized spacial score (nSPS) is 12.7. The molecule has 0 saturated carbocycles. The van der Waals surface area contributed by atoms with Gasteiger partial charge in [-0.05, 0) is 37.6 Å². The van der Waals surface area contributed by atoms with E-state index in [2.05, 4.69) is 36.0 Å².